The fraction of sp³-hybridized carbons (Fsp3) is 0.500. The molecular weight excluding hydrogens is 338 g/mol. The van der Waals surface area contributed by atoms with E-state index in [0.29, 0.717) is 39.3 Å². The summed E-state index contributed by atoms with van der Waals surface area (Å²) in [5.41, 5.74) is -0.198. The minimum absolute atomic E-state index is 0.126. The predicted octanol–water partition coefficient (Wildman–Crippen LogP) is -0.501. The standard InChI is InChI=1S/C16H23N7O3/c1-21-7-4-17-14(15(21)24)19-11-13-12-22(9-10-26-13)16(25)18-5-8-23-6-2-3-20-23/h2-4,6-7,13H,5,8-12H2,1H3,(H,17,19)(H,18,25)/t13-/m0/s1. The van der Waals surface area contributed by atoms with Crippen LogP contribution in [0.25, 0.3) is 0 Å². The van der Waals surface area contributed by atoms with Gasteiger partial charge < -0.3 is 24.8 Å². The number of rotatable bonds is 6. The number of hydrogen-bond acceptors (Lipinski definition) is 6. The average molecular weight is 361 g/mol. The Bertz CT molecular complexity index is 774. The average Bonchev–Trinajstić information content (AvgIpc) is 3.16. The number of carbonyl (C=O) groups excluding carboxylic acids is 1. The molecule has 0 bridgehead atoms. The van der Waals surface area contributed by atoms with Crippen molar-refractivity contribution in [3.05, 3.63) is 41.2 Å². The first-order chi connectivity index (χ1) is 12.6. The summed E-state index contributed by atoms with van der Waals surface area (Å²) in [4.78, 5) is 30.0. The molecule has 26 heavy (non-hydrogen) atoms. The smallest absolute Gasteiger partial charge is 0.317 e. The van der Waals surface area contributed by atoms with Crippen LogP contribution in [0, 0.1) is 0 Å². The largest absolute Gasteiger partial charge is 0.373 e. The highest BCUT2D eigenvalue weighted by Gasteiger charge is 2.24. The summed E-state index contributed by atoms with van der Waals surface area (Å²) in [5.74, 6) is 0.277. The van der Waals surface area contributed by atoms with Crippen LogP contribution in [0.1, 0.15) is 0 Å². The lowest BCUT2D eigenvalue weighted by atomic mass is 10.2. The van der Waals surface area contributed by atoms with Crippen LogP contribution in [0.3, 0.4) is 0 Å². The Kier molecular flexibility index (Phi) is 5.84. The van der Waals surface area contributed by atoms with E-state index >= 15 is 0 Å². The first-order valence-corrected chi connectivity index (χ1v) is 8.51. The Morgan fingerprint density at radius 1 is 1.38 bits per heavy atom. The maximum atomic E-state index is 12.3. The van der Waals surface area contributed by atoms with Gasteiger partial charge in [0.05, 0.1) is 25.8 Å². The number of ether oxygens (including phenoxy) is 1. The minimum atomic E-state index is -0.202. The van der Waals surface area contributed by atoms with Crippen LogP contribution in [0.15, 0.2) is 35.6 Å². The molecular formula is C16H23N7O3. The number of amides is 2. The summed E-state index contributed by atoms with van der Waals surface area (Å²) in [6.45, 7) is 2.98. The van der Waals surface area contributed by atoms with Crippen molar-refractivity contribution in [3.8, 4) is 0 Å². The van der Waals surface area contributed by atoms with Crippen LogP contribution in [-0.4, -0.2) is 69.2 Å². The quantitative estimate of drug-likeness (QED) is 0.718. The van der Waals surface area contributed by atoms with Crippen molar-refractivity contribution < 1.29 is 9.53 Å². The number of carbonyl (C=O) groups is 1. The zero-order valence-electron chi connectivity index (χ0n) is 14.7. The highest BCUT2D eigenvalue weighted by Crippen LogP contribution is 2.06. The predicted molar refractivity (Wildman–Crippen MR) is 94.9 cm³/mol. The molecule has 0 aliphatic carbocycles. The van der Waals surface area contributed by atoms with E-state index in [1.54, 1.807) is 35.2 Å². The summed E-state index contributed by atoms with van der Waals surface area (Å²) in [7, 11) is 1.67. The van der Waals surface area contributed by atoms with Gasteiger partial charge in [-0.05, 0) is 6.07 Å². The van der Waals surface area contributed by atoms with E-state index in [2.05, 4.69) is 20.7 Å². The number of aryl methyl sites for hydroxylation is 1. The van der Waals surface area contributed by atoms with E-state index in [0.717, 1.165) is 0 Å². The van der Waals surface area contributed by atoms with E-state index in [9.17, 15) is 9.59 Å². The van der Waals surface area contributed by atoms with Gasteiger partial charge in [-0.3, -0.25) is 9.48 Å². The van der Waals surface area contributed by atoms with Crippen LogP contribution in [0.5, 0.6) is 0 Å². The molecule has 1 atom stereocenters. The van der Waals surface area contributed by atoms with Crippen LogP contribution in [0.2, 0.25) is 0 Å². The lowest BCUT2D eigenvalue weighted by Crippen LogP contribution is -2.51. The molecule has 3 heterocycles. The molecule has 2 N–H and O–H groups in total. The number of aromatic nitrogens is 4. The van der Waals surface area contributed by atoms with Crippen molar-refractivity contribution >= 4 is 11.8 Å². The fourth-order valence-corrected chi connectivity index (χ4v) is 2.68. The molecule has 0 unspecified atom stereocenters. The number of nitrogens with one attached hydrogen (secondary N) is 2. The highest BCUT2D eigenvalue weighted by molar-refractivity contribution is 5.74. The molecule has 1 aliphatic rings. The molecule has 2 aromatic rings. The molecule has 1 fully saturated rings. The molecule has 0 spiro atoms. The van der Waals surface area contributed by atoms with Crippen LogP contribution >= 0.6 is 0 Å². The molecule has 2 amide bonds. The molecule has 0 saturated carbocycles. The maximum absolute atomic E-state index is 12.3. The molecule has 2 aromatic heterocycles. The third-order valence-corrected chi connectivity index (χ3v) is 4.12. The molecule has 140 valence electrons. The van der Waals surface area contributed by atoms with Gasteiger partial charge in [-0.2, -0.15) is 5.10 Å². The van der Waals surface area contributed by atoms with E-state index < -0.39 is 0 Å². The minimum Gasteiger partial charge on any atom is -0.373 e. The van der Waals surface area contributed by atoms with Gasteiger partial charge in [0.25, 0.3) is 5.56 Å². The van der Waals surface area contributed by atoms with E-state index in [1.807, 2.05) is 12.3 Å². The molecule has 0 aromatic carbocycles. The van der Waals surface area contributed by atoms with Gasteiger partial charge in [-0.1, -0.05) is 0 Å². The van der Waals surface area contributed by atoms with Gasteiger partial charge in [0.1, 0.15) is 0 Å². The topological polar surface area (TPSA) is 106 Å². The SMILES string of the molecule is Cn1ccnc(NC[C@H]2CN(C(=O)NCCn3cccn3)CCO2)c1=O. The van der Waals surface area contributed by atoms with Crippen molar-refractivity contribution in [2.75, 3.05) is 38.1 Å². The van der Waals surface area contributed by atoms with Crippen LogP contribution in [0.4, 0.5) is 10.6 Å². The summed E-state index contributed by atoms with van der Waals surface area (Å²) in [6.07, 6.45) is 6.51. The van der Waals surface area contributed by atoms with E-state index in [4.69, 9.17) is 4.74 Å². The number of nitrogens with zero attached hydrogens (tertiary/aromatic N) is 5. The zero-order chi connectivity index (χ0) is 18.4. The Labute approximate surface area is 150 Å². The molecule has 1 aliphatic heterocycles. The van der Waals surface area contributed by atoms with E-state index in [1.165, 1.54) is 4.57 Å². The summed E-state index contributed by atoms with van der Waals surface area (Å²) < 4.78 is 8.90. The second-order valence-electron chi connectivity index (χ2n) is 6.01. The van der Waals surface area contributed by atoms with Crippen molar-refractivity contribution in [1.29, 1.82) is 0 Å². The molecule has 0 radical (unpaired) electrons. The highest BCUT2D eigenvalue weighted by atomic mass is 16.5. The Morgan fingerprint density at radius 3 is 3.08 bits per heavy atom. The number of urea groups is 1. The van der Waals surface area contributed by atoms with Crippen LogP contribution in [-0.2, 0) is 18.3 Å². The maximum Gasteiger partial charge on any atom is 0.317 e. The lowest BCUT2D eigenvalue weighted by molar-refractivity contribution is -0.00653. The monoisotopic (exact) mass is 361 g/mol. The molecule has 1 saturated heterocycles. The Hall–Kier alpha value is -2.88. The fourth-order valence-electron chi connectivity index (χ4n) is 2.68. The van der Waals surface area contributed by atoms with Gasteiger partial charge in [0.15, 0.2) is 5.82 Å². The van der Waals surface area contributed by atoms with Crippen molar-refractivity contribution in [3.63, 3.8) is 0 Å². The van der Waals surface area contributed by atoms with Crippen molar-refractivity contribution in [2.24, 2.45) is 7.05 Å². The molecule has 3 rings (SSSR count). The van der Waals surface area contributed by atoms with Gasteiger partial charge >= 0.3 is 6.03 Å². The van der Waals surface area contributed by atoms with Gasteiger partial charge in [-0.15, -0.1) is 0 Å². The van der Waals surface area contributed by atoms with Crippen molar-refractivity contribution in [1.82, 2.24) is 29.5 Å². The Morgan fingerprint density at radius 2 is 2.27 bits per heavy atom. The third kappa shape index (κ3) is 4.60. The van der Waals surface area contributed by atoms with Gasteiger partial charge in [0, 0.05) is 51.5 Å². The molecule has 10 nitrogen and oxygen atoms in total. The molecule has 10 heteroatoms. The van der Waals surface area contributed by atoms with E-state index in [-0.39, 0.29) is 23.5 Å². The number of morpholine rings is 1. The normalized spacial score (nSPS) is 17.1. The van der Waals surface area contributed by atoms with Gasteiger partial charge in [0.2, 0.25) is 0 Å². The summed E-state index contributed by atoms with van der Waals surface area (Å²) in [5, 5.41) is 9.99. The lowest BCUT2D eigenvalue weighted by Gasteiger charge is -2.33. The summed E-state index contributed by atoms with van der Waals surface area (Å²) >= 11 is 0. The number of anilines is 1. The second kappa shape index (κ2) is 8.48. The number of hydrogen-bond donors (Lipinski definition) is 2. The first-order valence-electron chi connectivity index (χ1n) is 8.51. The summed E-state index contributed by atoms with van der Waals surface area (Å²) in [6, 6.07) is 1.72. The third-order valence-electron chi connectivity index (χ3n) is 4.12. The first kappa shape index (κ1) is 17.9. The van der Waals surface area contributed by atoms with Crippen molar-refractivity contribution in [2.45, 2.75) is 12.6 Å². The second-order valence-corrected chi connectivity index (χ2v) is 6.01. The van der Waals surface area contributed by atoms with Gasteiger partial charge in [-0.25, -0.2) is 9.78 Å². The zero-order valence-corrected chi connectivity index (χ0v) is 14.7. The Balaban J connectivity index is 1.45. The van der Waals surface area contributed by atoms with Crippen LogP contribution < -0.4 is 16.2 Å².